The maximum atomic E-state index is 10.5. The first-order chi connectivity index (χ1) is 2.94. The summed E-state index contributed by atoms with van der Waals surface area (Å²) in [7, 11) is 0. The Balaban J connectivity index is 0. The van der Waals surface area contributed by atoms with E-state index in [1.807, 2.05) is 20.8 Å². The summed E-state index contributed by atoms with van der Waals surface area (Å²) in [6.07, 6.45) is -0.451. The van der Waals surface area contributed by atoms with Crippen LogP contribution in [0.15, 0.2) is 0 Å². The molecule has 0 spiro atoms. The van der Waals surface area contributed by atoms with Crippen LogP contribution in [0, 0.1) is 5.41 Å². The zero-order valence-electron chi connectivity index (χ0n) is 6.49. The average Bonchev–Trinajstić information content (AvgIpc) is 1.31. The van der Waals surface area contributed by atoms with E-state index in [2.05, 4.69) is 0 Å². The maximum Gasteiger partial charge on any atom is 1.00 e. The van der Waals surface area contributed by atoms with Gasteiger partial charge in [-0.3, -0.25) is 0 Å². The van der Waals surface area contributed by atoms with Gasteiger partial charge in [0.25, 0.3) is 0 Å². The molecule has 1 nitrogen and oxygen atoms in total. The topological polar surface area (TPSA) is 23.1 Å². The van der Waals surface area contributed by atoms with E-state index in [1.54, 1.807) is 6.92 Å². The molecule has 0 aliphatic heterocycles. The normalized spacial score (nSPS) is 14.6. The van der Waals surface area contributed by atoms with Crippen molar-refractivity contribution in [2.45, 2.75) is 33.8 Å². The van der Waals surface area contributed by atoms with Gasteiger partial charge in [0, 0.05) is 0 Å². The standard InChI is InChI=1S/C6H13O.Li/c1-5(7)6(2,3)4;/h5H,1-4H3;/q-1;+1. The molecule has 0 bridgehead atoms. The summed E-state index contributed by atoms with van der Waals surface area (Å²) in [6, 6.07) is 0. The van der Waals surface area contributed by atoms with E-state index in [0.717, 1.165) is 0 Å². The fourth-order valence-electron chi connectivity index (χ4n) is 0. The minimum atomic E-state index is -0.451. The minimum absolute atomic E-state index is 0. The van der Waals surface area contributed by atoms with Crippen LogP contribution in [0.2, 0.25) is 0 Å². The van der Waals surface area contributed by atoms with Gasteiger partial charge in [-0.1, -0.05) is 33.1 Å². The van der Waals surface area contributed by atoms with Gasteiger partial charge in [-0.2, -0.15) is 0 Å². The molecule has 0 N–H and O–H groups in total. The van der Waals surface area contributed by atoms with Crippen LogP contribution in [0.3, 0.4) is 0 Å². The van der Waals surface area contributed by atoms with Gasteiger partial charge in [0.1, 0.15) is 0 Å². The van der Waals surface area contributed by atoms with Crippen LogP contribution in [0.4, 0.5) is 0 Å². The smallest absolute Gasteiger partial charge is 0.852 e. The fourth-order valence-corrected chi connectivity index (χ4v) is 0. The summed E-state index contributed by atoms with van der Waals surface area (Å²) >= 11 is 0. The van der Waals surface area contributed by atoms with Crippen molar-refractivity contribution in [3.63, 3.8) is 0 Å². The Labute approximate surface area is 63.7 Å². The van der Waals surface area contributed by atoms with E-state index < -0.39 is 6.10 Å². The molecule has 0 fully saturated rings. The largest absolute Gasteiger partial charge is 1.00 e. The third-order valence-corrected chi connectivity index (χ3v) is 1.22. The van der Waals surface area contributed by atoms with Crippen LogP contribution in [-0.4, -0.2) is 6.10 Å². The van der Waals surface area contributed by atoms with Crippen molar-refractivity contribution in [2.75, 3.05) is 0 Å². The van der Waals surface area contributed by atoms with Crippen LogP contribution in [0.5, 0.6) is 0 Å². The average molecular weight is 108 g/mol. The third-order valence-electron chi connectivity index (χ3n) is 1.22. The van der Waals surface area contributed by atoms with Crippen molar-refractivity contribution in [3.05, 3.63) is 0 Å². The summed E-state index contributed by atoms with van der Waals surface area (Å²) < 4.78 is 0. The van der Waals surface area contributed by atoms with Gasteiger partial charge < -0.3 is 5.11 Å². The summed E-state index contributed by atoms with van der Waals surface area (Å²) in [5, 5.41) is 10.5. The second-order valence-electron chi connectivity index (χ2n) is 3.01. The number of rotatable bonds is 0. The molecule has 0 aromatic rings. The summed E-state index contributed by atoms with van der Waals surface area (Å²) in [5.41, 5.74) is -0.0556. The molecule has 8 heavy (non-hydrogen) atoms. The fraction of sp³-hybridized carbons (Fsp3) is 1.00. The van der Waals surface area contributed by atoms with Crippen molar-refractivity contribution in [1.29, 1.82) is 0 Å². The Morgan fingerprint density at radius 3 is 1.38 bits per heavy atom. The molecular weight excluding hydrogens is 95.0 g/mol. The van der Waals surface area contributed by atoms with E-state index in [0.29, 0.717) is 0 Å². The Morgan fingerprint density at radius 2 is 1.38 bits per heavy atom. The summed E-state index contributed by atoms with van der Waals surface area (Å²) in [4.78, 5) is 0. The zero-order valence-corrected chi connectivity index (χ0v) is 6.49. The molecule has 0 aliphatic carbocycles. The van der Waals surface area contributed by atoms with Gasteiger partial charge >= 0.3 is 18.9 Å². The SMILES string of the molecule is CC([O-])C(C)(C)C.[Li+]. The molecule has 0 aromatic heterocycles. The van der Waals surface area contributed by atoms with Crippen LogP contribution in [0.25, 0.3) is 0 Å². The van der Waals surface area contributed by atoms with Crippen LogP contribution >= 0.6 is 0 Å². The summed E-state index contributed by atoms with van der Waals surface area (Å²) in [5.74, 6) is 0. The molecular formula is C6H13LiO. The van der Waals surface area contributed by atoms with Gasteiger partial charge in [-0.25, -0.2) is 0 Å². The Kier molecular flexibility index (Phi) is 5.05. The van der Waals surface area contributed by atoms with E-state index in [-0.39, 0.29) is 24.3 Å². The quantitative estimate of drug-likeness (QED) is 0.322. The maximum absolute atomic E-state index is 10.5. The second kappa shape index (κ2) is 3.56. The van der Waals surface area contributed by atoms with E-state index in [1.165, 1.54) is 0 Å². The van der Waals surface area contributed by atoms with Crippen molar-refractivity contribution < 1.29 is 24.0 Å². The van der Waals surface area contributed by atoms with Gasteiger partial charge in [0.15, 0.2) is 0 Å². The molecule has 0 radical (unpaired) electrons. The van der Waals surface area contributed by atoms with Crippen molar-refractivity contribution >= 4 is 0 Å². The van der Waals surface area contributed by atoms with Crippen LogP contribution in [-0.2, 0) is 0 Å². The van der Waals surface area contributed by atoms with Crippen LogP contribution in [0.1, 0.15) is 27.7 Å². The Hall–Kier alpha value is 0.557. The minimum Gasteiger partial charge on any atom is -0.852 e. The van der Waals surface area contributed by atoms with Gasteiger partial charge in [-0.15, -0.1) is 6.10 Å². The predicted octanol–water partition coefficient (Wildman–Crippen LogP) is -2.21. The van der Waals surface area contributed by atoms with Gasteiger partial charge in [0.05, 0.1) is 0 Å². The van der Waals surface area contributed by atoms with Crippen molar-refractivity contribution in [1.82, 2.24) is 0 Å². The van der Waals surface area contributed by atoms with Crippen LogP contribution < -0.4 is 24.0 Å². The molecule has 0 saturated carbocycles. The molecule has 2 heteroatoms. The Bertz CT molecular complexity index is 54.0. The van der Waals surface area contributed by atoms with E-state index >= 15 is 0 Å². The molecule has 1 unspecified atom stereocenters. The molecule has 0 amide bonds. The van der Waals surface area contributed by atoms with E-state index in [4.69, 9.17) is 0 Å². The summed E-state index contributed by atoms with van der Waals surface area (Å²) in [6.45, 7) is 7.54. The number of hydrogen-bond donors (Lipinski definition) is 0. The molecule has 0 heterocycles. The van der Waals surface area contributed by atoms with Gasteiger partial charge in [-0.05, 0) is 0 Å². The van der Waals surface area contributed by atoms with Crippen molar-refractivity contribution in [2.24, 2.45) is 5.41 Å². The van der Waals surface area contributed by atoms with Gasteiger partial charge in [0.2, 0.25) is 0 Å². The second-order valence-corrected chi connectivity index (χ2v) is 3.01. The monoisotopic (exact) mass is 108 g/mol. The Morgan fingerprint density at radius 1 is 1.25 bits per heavy atom. The molecule has 44 valence electrons. The zero-order chi connectivity index (χ0) is 6.08. The molecule has 1 atom stereocenters. The van der Waals surface area contributed by atoms with E-state index in [9.17, 15) is 5.11 Å². The molecule has 0 aliphatic rings. The predicted molar refractivity (Wildman–Crippen MR) is 28.9 cm³/mol. The molecule has 0 saturated heterocycles. The third kappa shape index (κ3) is 4.71. The first-order valence-corrected chi connectivity index (χ1v) is 2.60. The number of hydrogen-bond acceptors (Lipinski definition) is 1. The van der Waals surface area contributed by atoms with Crippen molar-refractivity contribution in [3.8, 4) is 0 Å². The molecule has 0 aromatic carbocycles. The first-order valence-electron chi connectivity index (χ1n) is 2.60. The first kappa shape index (κ1) is 11.4. The molecule has 0 rings (SSSR count).